The molecule has 0 atom stereocenters. The van der Waals surface area contributed by atoms with Crippen LogP contribution in [0, 0.1) is 0 Å². The van der Waals surface area contributed by atoms with Crippen molar-refractivity contribution < 1.29 is 4.79 Å². The van der Waals surface area contributed by atoms with E-state index in [0.29, 0.717) is 11.6 Å². The third-order valence-corrected chi connectivity index (χ3v) is 4.33. The maximum absolute atomic E-state index is 12.5. The van der Waals surface area contributed by atoms with Crippen LogP contribution in [0.5, 0.6) is 0 Å². The summed E-state index contributed by atoms with van der Waals surface area (Å²) >= 11 is 3.47. The number of amides is 1. The Hall–Kier alpha value is -1.95. The molecule has 114 valence electrons. The van der Waals surface area contributed by atoms with Crippen LogP contribution in [0.25, 0.3) is 0 Å². The second-order valence-electron chi connectivity index (χ2n) is 5.22. The number of carbonyl (C=O) groups is 1. The van der Waals surface area contributed by atoms with Gasteiger partial charge in [-0.25, -0.2) is 9.97 Å². The first-order valence-electron chi connectivity index (χ1n) is 7.38. The molecule has 2 heterocycles. The SMILES string of the molecule is O=C(c1ccnc(Nc2ccccc2Br)n1)N1CCCCC1. The summed E-state index contributed by atoms with van der Waals surface area (Å²) in [5, 5.41) is 3.13. The molecule has 0 aliphatic carbocycles. The highest BCUT2D eigenvalue weighted by atomic mass is 79.9. The third-order valence-electron chi connectivity index (χ3n) is 3.64. The van der Waals surface area contributed by atoms with Gasteiger partial charge in [0.15, 0.2) is 0 Å². The minimum Gasteiger partial charge on any atom is -0.337 e. The topological polar surface area (TPSA) is 58.1 Å². The molecule has 0 saturated carbocycles. The fourth-order valence-electron chi connectivity index (χ4n) is 2.48. The van der Waals surface area contributed by atoms with Crippen molar-refractivity contribution in [1.29, 1.82) is 0 Å². The zero-order chi connectivity index (χ0) is 15.4. The van der Waals surface area contributed by atoms with E-state index in [2.05, 4.69) is 31.2 Å². The van der Waals surface area contributed by atoms with Gasteiger partial charge in [-0.15, -0.1) is 0 Å². The Kier molecular flexibility index (Phi) is 4.68. The lowest BCUT2D eigenvalue weighted by molar-refractivity contribution is 0.0718. The van der Waals surface area contributed by atoms with E-state index in [-0.39, 0.29) is 5.91 Å². The minimum atomic E-state index is -0.0164. The van der Waals surface area contributed by atoms with Crippen LogP contribution < -0.4 is 5.32 Å². The number of para-hydroxylation sites is 1. The van der Waals surface area contributed by atoms with Crippen molar-refractivity contribution in [1.82, 2.24) is 14.9 Å². The summed E-state index contributed by atoms with van der Waals surface area (Å²) < 4.78 is 0.923. The van der Waals surface area contributed by atoms with Gasteiger partial charge in [0.2, 0.25) is 5.95 Å². The second kappa shape index (κ2) is 6.87. The number of piperidine rings is 1. The van der Waals surface area contributed by atoms with Gasteiger partial charge in [0.05, 0.1) is 5.69 Å². The van der Waals surface area contributed by atoms with E-state index < -0.39 is 0 Å². The van der Waals surface area contributed by atoms with Crippen LogP contribution in [0.3, 0.4) is 0 Å². The molecule has 6 heteroatoms. The molecule has 1 amide bonds. The summed E-state index contributed by atoms with van der Waals surface area (Å²) in [6.45, 7) is 1.63. The number of benzene rings is 1. The fraction of sp³-hybridized carbons (Fsp3) is 0.312. The number of halogens is 1. The normalized spacial score (nSPS) is 14.7. The van der Waals surface area contributed by atoms with Crippen molar-refractivity contribution in [3.8, 4) is 0 Å². The van der Waals surface area contributed by atoms with Crippen molar-refractivity contribution in [2.24, 2.45) is 0 Å². The predicted octanol–water partition coefficient (Wildman–Crippen LogP) is 3.61. The molecule has 5 nitrogen and oxygen atoms in total. The first-order valence-corrected chi connectivity index (χ1v) is 8.17. The first kappa shape index (κ1) is 15.0. The molecule has 1 aromatic carbocycles. The van der Waals surface area contributed by atoms with Gasteiger partial charge in [-0.1, -0.05) is 12.1 Å². The molecule has 0 bridgehead atoms. The van der Waals surface area contributed by atoms with Crippen LogP contribution in [0.15, 0.2) is 41.0 Å². The molecular weight excluding hydrogens is 344 g/mol. The highest BCUT2D eigenvalue weighted by Crippen LogP contribution is 2.23. The molecule has 1 fully saturated rings. The van der Waals surface area contributed by atoms with E-state index in [1.54, 1.807) is 12.3 Å². The summed E-state index contributed by atoms with van der Waals surface area (Å²) in [6.07, 6.45) is 4.95. The summed E-state index contributed by atoms with van der Waals surface area (Å²) in [4.78, 5) is 22.9. The quantitative estimate of drug-likeness (QED) is 0.908. The molecule has 3 rings (SSSR count). The van der Waals surface area contributed by atoms with Crippen LogP contribution in [-0.2, 0) is 0 Å². The van der Waals surface area contributed by atoms with Gasteiger partial charge in [-0.3, -0.25) is 4.79 Å². The lowest BCUT2D eigenvalue weighted by Crippen LogP contribution is -2.36. The lowest BCUT2D eigenvalue weighted by Gasteiger charge is -2.26. The van der Waals surface area contributed by atoms with Crippen molar-refractivity contribution in [2.75, 3.05) is 18.4 Å². The molecular formula is C16H17BrN4O. The number of aromatic nitrogens is 2. The Labute approximate surface area is 137 Å². The zero-order valence-electron chi connectivity index (χ0n) is 12.1. The average molecular weight is 361 g/mol. The van der Waals surface area contributed by atoms with E-state index in [0.717, 1.165) is 36.1 Å². The molecule has 0 radical (unpaired) electrons. The maximum Gasteiger partial charge on any atom is 0.272 e. The number of rotatable bonds is 3. The lowest BCUT2D eigenvalue weighted by atomic mass is 10.1. The van der Waals surface area contributed by atoms with Gasteiger partial charge in [0, 0.05) is 23.8 Å². The molecule has 1 aliphatic rings. The zero-order valence-corrected chi connectivity index (χ0v) is 13.7. The van der Waals surface area contributed by atoms with Crippen LogP contribution in [-0.4, -0.2) is 33.9 Å². The molecule has 2 aromatic rings. The highest BCUT2D eigenvalue weighted by Gasteiger charge is 2.19. The van der Waals surface area contributed by atoms with Crippen LogP contribution in [0.2, 0.25) is 0 Å². The van der Waals surface area contributed by atoms with E-state index in [9.17, 15) is 4.79 Å². The van der Waals surface area contributed by atoms with Crippen LogP contribution in [0.4, 0.5) is 11.6 Å². The summed E-state index contributed by atoms with van der Waals surface area (Å²) in [6, 6.07) is 9.39. The van der Waals surface area contributed by atoms with Gasteiger partial charge in [-0.2, -0.15) is 0 Å². The Balaban J connectivity index is 1.77. The highest BCUT2D eigenvalue weighted by molar-refractivity contribution is 9.10. The molecule has 22 heavy (non-hydrogen) atoms. The first-order chi connectivity index (χ1) is 10.7. The largest absolute Gasteiger partial charge is 0.337 e. The van der Waals surface area contributed by atoms with Gasteiger partial charge in [0.25, 0.3) is 5.91 Å². The number of hydrogen-bond donors (Lipinski definition) is 1. The van der Waals surface area contributed by atoms with Gasteiger partial charge < -0.3 is 10.2 Å². The maximum atomic E-state index is 12.5. The van der Waals surface area contributed by atoms with Crippen molar-refractivity contribution in [3.63, 3.8) is 0 Å². The predicted molar refractivity (Wildman–Crippen MR) is 89.2 cm³/mol. The molecule has 1 aliphatic heterocycles. The number of nitrogens with zero attached hydrogens (tertiary/aromatic N) is 3. The number of nitrogens with one attached hydrogen (secondary N) is 1. The number of anilines is 2. The van der Waals surface area contributed by atoms with Crippen molar-refractivity contribution in [3.05, 3.63) is 46.7 Å². The number of carbonyl (C=O) groups excluding carboxylic acids is 1. The Bertz CT molecular complexity index is 671. The molecule has 1 saturated heterocycles. The average Bonchev–Trinajstić information content (AvgIpc) is 2.57. The molecule has 1 N–H and O–H groups in total. The van der Waals surface area contributed by atoms with Gasteiger partial charge >= 0.3 is 0 Å². The van der Waals surface area contributed by atoms with E-state index in [1.165, 1.54) is 6.42 Å². The van der Waals surface area contributed by atoms with Crippen LogP contribution >= 0.6 is 15.9 Å². The van der Waals surface area contributed by atoms with Crippen LogP contribution in [0.1, 0.15) is 29.8 Å². The summed E-state index contributed by atoms with van der Waals surface area (Å²) in [5.74, 6) is 0.409. The Morgan fingerprint density at radius 3 is 2.68 bits per heavy atom. The standard InChI is InChI=1S/C16H17BrN4O/c17-12-6-2-3-7-13(12)19-16-18-9-8-14(20-16)15(22)21-10-4-1-5-11-21/h2-3,6-9H,1,4-5,10-11H2,(H,18,19,20). The summed E-state index contributed by atoms with van der Waals surface area (Å²) in [7, 11) is 0. The molecule has 0 unspecified atom stereocenters. The van der Waals surface area contributed by atoms with Gasteiger partial charge in [0.1, 0.15) is 5.69 Å². The minimum absolute atomic E-state index is 0.0164. The fourth-order valence-corrected chi connectivity index (χ4v) is 2.86. The van der Waals surface area contributed by atoms with Gasteiger partial charge in [-0.05, 0) is 53.4 Å². The Morgan fingerprint density at radius 2 is 1.91 bits per heavy atom. The number of hydrogen-bond acceptors (Lipinski definition) is 4. The Morgan fingerprint density at radius 1 is 1.14 bits per heavy atom. The second-order valence-corrected chi connectivity index (χ2v) is 6.08. The molecule has 0 spiro atoms. The van der Waals surface area contributed by atoms with E-state index in [4.69, 9.17) is 0 Å². The van der Waals surface area contributed by atoms with E-state index >= 15 is 0 Å². The third kappa shape index (κ3) is 3.44. The smallest absolute Gasteiger partial charge is 0.272 e. The van der Waals surface area contributed by atoms with Crippen molar-refractivity contribution in [2.45, 2.75) is 19.3 Å². The van der Waals surface area contributed by atoms with E-state index in [1.807, 2.05) is 29.2 Å². The monoisotopic (exact) mass is 360 g/mol. The summed E-state index contributed by atoms with van der Waals surface area (Å²) in [5.41, 5.74) is 1.30. The van der Waals surface area contributed by atoms with Crippen molar-refractivity contribution >= 4 is 33.5 Å². The molecule has 1 aromatic heterocycles. The number of likely N-dealkylation sites (tertiary alicyclic amines) is 1.